The van der Waals surface area contributed by atoms with E-state index in [1.165, 1.54) is 56.5 Å². The van der Waals surface area contributed by atoms with Gasteiger partial charge in [0.05, 0.1) is 0 Å². The maximum atomic E-state index is 8.84. The van der Waals surface area contributed by atoms with E-state index in [1.807, 2.05) is 0 Å². The minimum atomic E-state index is 0.191. The van der Waals surface area contributed by atoms with E-state index in [2.05, 4.69) is 22.7 Å². The molecule has 94 valence electrons. The van der Waals surface area contributed by atoms with Crippen LogP contribution in [0.2, 0.25) is 0 Å². The summed E-state index contributed by atoms with van der Waals surface area (Å²) in [5.41, 5.74) is 3.02. The second-order valence-corrected chi connectivity index (χ2v) is 5.69. The van der Waals surface area contributed by atoms with Gasteiger partial charge in [-0.2, -0.15) is 5.26 Å². The van der Waals surface area contributed by atoms with Gasteiger partial charge in [0.15, 0.2) is 6.19 Å². The fourth-order valence-electron chi connectivity index (χ4n) is 2.89. The lowest BCUT2D eigenvalue weighted by molar-refractivity contribution is 0.381. The second kappa shape index (κ2) is 6.20. The number of likely N-dealkylation sites (tertiary alicyclic amines) is 1. The Kier molecular flexibility index (Phi) is 4.61. The average Bonchev–Trinajstić information content (AvgIpc) is 2.90. The highest BCUT2D eigenvalue weighted by Gasteiger charge is 2.25. The number of hydrogen-bond donors (Lipinski definition) is 1. The van der Waals surface area contributed by atoms with Gasteiger partial charge in [-0.1, -0.05) is 0 Å². The maximum Gasteiger partial charge on any atom is 0.177 e. The Balaban J connectivity index is 2.20. The largest absolute Gasteiger partial charge is 0.375 e. The molecular weight excluding hydrogens is 230 g/mol. The summed E-state index contributed by atoms with van der Waals surface area (Å²) < 4.78 is 0. The number of nitrogens with one attached hydrogen (secondary N) is 1. The molecule has 17 heavy (non-hydrogen) atoms. The van der Waals surface area contributed by atoms with Gasteiger partial charge in [0.2, 0.25) is 0 Å². The highest BCUT2D eigenvalue weighted by molar-refractivity contribution is 7.99. The molecule has 0 amide bonds. The first kappa shape index (κ1) is 12.6. The minimum absolute atomic E-state index is 0.191. The van der Waals surface area contributed by atoms with Crippen molar-refractivity contribution in [2.75, 3.05) is 19.3 Å². The van der Waals surface area contributed by atoms with E-state index in [1.54, 1.807) is 11.8 Å². The van der Waals surface area contributed by atoms with Crippen molar-refractivity contribution in [1.82, 2.24) is 10.2 Å². The SMILES string of the molecule is CSC(NC#N)C1=C(N2CCCC2)CCCC1. The first-order valence-electron chi connectivity index (χ1n) is 6.51. The molecule has 3 nitrogen and oxygen atoms in total. The summed E-state index contributed by atoms with van der Waals surface area (Å²) in [5.74, 6) is 0. The van der Waals surface area contributed by atoms with Crippen molar-refractivity contribution in [3.63, 3.8) is 0 Å². The average molecular weight is 251 g/mol. The monoisotopic (exact) mass is 251 g/mol. The van der Waals surface area contributed by atoms with Crippen LogP contribution < -0.4 is 5.32 Å². The Morgan fingerprint density at radius 3 is 2.59 bits per heavy atom. The summed E-state index contributed by atoms with van der Waals surface area (Å²) in [4.78, 5) is 2.55. The van der Waals surface area contributed by atoms with Gasteiger partial charge in [0, 0.05) is 18.8 Å². The highest BCUT2D eigenvalue weighted by Crippen LogP contribution is 2.33. The van der Waals surface area contributed by atoms with Crippen LogP contribution in [0.15, 0.2) is 11.3 Å². The molecule has 1 unspecified atom stereocenters. The summed E-state index contributed by atoms with van der Waals surface area (Å²) in [6.45, 7) is 2.43. The third-order valence-electron chi connectivity index (χ3n) is 3.72. The molecule has 1 heterocycles. The molecule has 0 aromatic heterocycles. The predicted molar refractivity (Wildman–Crippen MR) is 72.4 cm³/mol. The van der Waals surface area contributed by atoms with Crippen LogP contribution in [0.4, 0.5) is 0 Å². The van der Waals surface area contributed by atoms with Gasteiger partial charge in [-0.05, 0) is 50.4 Å². The summed E-state index contributed by atoms with van der Waals surface area (Å²) in [6.07, 6.45) is 11.8. The molecule has 1 aliphatic heterocycles. The number of nitriles is 1. The zero-order valence-electron chi connectivity index (χ0n) is 10.5. The first-order valence-corrected chi connectivity index (χ1v) is 7.80. The Bertz CT molecular complexity index is 326. The van der Waals surface area contributed by atoms with E-state index >= 15 is 0 Å². The van der Waals surface area contributed by atoms with Crippen LogP contribution in [0.5, 0.6) is 0 Å². The van der Waals surface area contributed by atoms with Gasteiger partial charge < -0.3 is 10.2 Å². The van der Waals surface area contributed by atoms with Crippen LogP contribution in [0.3, 0.4) is 0 Å². The number of rotatable bonds is 4. The van der Waals surface area contributed by atoms with Crippen LogP contribution >= 0.6 is 11.8 Å². The highest BCUT2D eigenvalue weighted by atomic mass is 32.2. The summed E-state index contributed by atoms with van der Waals surface area (Å²) in [7, 11) is 0. The van der Waals surface area contributed by atoms with Crippen LogP contribution in [0, 0.1) is 11.5 Å². The number of allylic oxidation sites excluding steroid dienone is 1. The molecule has 1 fully saturated rings. The molecule has 0 aromatic rings. The molecule has 1 saturated heterocycles. The molecule has 0 aromatic carbocycles. The Morgan fingerprint density at radius 1 is 1.24 bits per heavy atom. The summed E-state index contributed by atoms with van der Waals surface area (Å²) in [5, 5.41) is 12.0. The molecule has 1 atom stereocenters. The molecule has 2 rings (SSSR count). The fourth-order valence-corrected chi connectivity index (χ4v) is 3.60. The van der Waals surface area contributed by atoms with E-state index in [-0.39, 0.29) is 5.37 Å². The van der Waals surface area contributed by atoms with Crippen LogP contribution in [-0.2, 0) is 0 Å². The van der Waals surface area contributed by atoms with Crippen molar-refractivity contribution < 1.29 is 0 Å². The maximum absolute atomic E-state index is 8.84. The number of nitrogens with zero attached hydrogens (tertiary/aromatic N) is 2. The predicted octanol–water partition coefficient (Wildman–Crippen LogP) is 2.67. The van der Waals surface area contributed by atoms with Gasteiger partial charge in [-0.25, -0.2) is 0 Å². The van der Waals surface area contributed by atoms with Crippen molar-refractivity contribution in [3.05, 3.63) is 11.3 Å². The third-order valence-corrected chi connectivity index (χ3v) is 4.59. The Hall–Kier alpha value is -0.820. The lowest BCUT2D eigenvalue weighted by Crippen LogP contribution is -2.30. The zero-order chi connectivity index (χ0) is 12.1. The van der Waals surface area contributed by atoms with Gasteiger partial charge in [0.1, 0.15) is 5.37 Å². The van der Waals surface area contributed by atoms with Crippen LogP contribution in [0.1, 0.15) is 38.5 Å². The molecular formula is C13H21N3S. The van der Waals surface area contributed by atoms with Crippen molar-refractivity contribution in [1.29, 1.82) is 5.26 Å². The summed E-state index contributed by atoms with van der Waals surface area (Å²) >= 11 is 1.75. The molecule has 4 heteroatoms. The van der Waals surface area contributed by atoms with Crippen molar-refractivity contribution in [3.8, 4) is 6.19 Å². The number of thioether (sulfide) groups is 1. The topological polar surface area (TPSA) is 39.1 Å². The standard InChI is InChI=1S/C13H21N3S/c1-17-13(15-10-14)11-6-2-3-7-12(11)16-8-4-5-9-16/h13,15H,2-9H2,1H3. The lowest BCUT2D eigenvalue weighted by Gasteiger charge is -2.31. The third kappa shape index (κ3) is 2.90. The van der Waals surface area contributed by atoms with E-state index in [9.17, 15) is 0 Å². The molecule has 0 radical (unpaired) electrons. The molecule has 0 saturated carbocycles. The van der Waals surface area contributed by atoms with Crippen LogP contribution in [-0.4, -0.2) is 29.6 Å². The van der Waals surface area contributed by atoms with Gasteiger partial charge >= 0.3 is 0 Å². The molecule has 2 aliphatic rings. The van der Waals surface area contributed by atoms with Gasteiger partial charge in [-0.15, -0.1) is 11.8 Å². The molecule has 0 spiro atoms. The van der Waals surface area contributed by atoms with Gasteiger partial charge in [0.25, 0.3) is 0 Å². The van der Waals surface area contributed by atoms with Gasteiger partial charge in [-0.3, -0.25) is 0 Å². The lowest BCUT2D eigenvalue weighted by atomic mass is 9.95. The van der Waals surface area contributed by atoms with Crippen molar-refractivity contribution in [2.24, 2.45) is 0 Å². The zero-order valence-corrected chi connectivity index (χ0v) is 11.4. The quantitative estimate of drug-likeness (QED) is 0.474. The van der Waals surface area contributed by atoms with E-state index < -0.39 is 0 Å². The molecule has 1 aliphatic carbocycles. The second-order valence-electron chi connectivity index (χ2n) is 4.75. The molecule has 1 N–H and O–H groups in total. The minimum Gasteiger partial charge on any atom is -0.375 e. The fraction of sp³-hybridized carbons (Fsp3) is 0.769. The van der Waals surface area contributed by atoms with Crippen molar-refractivity contribution in [2.45, 2.75) is 43.9 Å². The summed E-state index contributed by atoms with van der Waals surface area (Å²) in [6, 6.07) is 0. The smallest absolute Gasteiger partial charge is 0.177 e. The van der Waals surface area contributed by atoms with Crippen LogP contribution in [0.25, 0.3) is 0 Å². The van der Waals surface area contributed by atoms with E-state index in [0.29, 0.717) is 0 Å². The number of hydrogen-bond acceptors (Lipinski definition) is 4. The Morgan fingerprint density at radius 2 is 1.94 bits per heavy atom. The van der Waals surface area contributed by atoms with Crippen molar-refractivity contribution >= 4 is 11.8 Å². The van der Waals surface area contributed by atoms with E-state index in [0.717, 1.165) is 6.42 Å². The Labute approximate surface area is 108 Å². The first-order chi connectivity index (χ1) is 8.36. The normalized spacial score (nSPS) is 22.5. The molecule has 0 bridgehead atoms. The van der Waals surface area contributed by atoms with E-state index in [4.69, 9.17) is 5.26 Å².